The molecule has 0 atom stereocenters. The zero-order chi connectivity index (χ0) is 8.48. The Morgan fingerprint density at radius 1 is 1.55 bits per heavy atom. The monoisotopic (exact) mass is 256 g/mol. The van der Waals surface area contributed by atoms with Crippen molar-refractivity contribution in [2.75, 3.05) is 5.94 Å². The van der Waals surface area contributed by atoms with Crippen molar-refractivity contribution in [3.63, 3.8) is 0 Å². The normalized spacial score (nSPS) is 11.8. The lowest BCUT2D eigenvalue weighted by Crippen LogP contribution is -2.02. The maximum atomic E-state index is 11.0. The lowest BCUT2D eigenvalue weighted by atomic mass is 10.7. The minimum Gasteiger partial charge on any atom is -0.380 e. The van der Waals surface area contributed by atoms with Crippen molar-refractivity contribution in [2.45, 2.75) is 4.21 Å². The van der Waals surface area contributed by atoms with Gasteiger partial charge in [0.2, 0.25) is 9.84 Å². The van der Waals surface area contributed by atoms with Crippen LogP contribution in [-0.4, -0.2) is 19.5 Å². The molecule has 1 heterocycles. The first-order valence-corrected chi connectivity index (χ1v) is 5.91. The van der Waals surface area contributed by atoms with E-state index in [1.807, 2.05) is 0 Å². The molecule has 0 amide bonds. The third kappa shape index (κ3) is 2.02. The molecular weight excluding hydrogens is 252 g/mol. The Morgan fingerprint density at radius 3 is 2.55 bits per heavy atom. The summed E-state index contributed by atoms with van der Waals surface area (Å²) in [6.07, 6.45) is 0. The van der Waals surface area contributed by atoms with Crippen molar-refractivity contribution in [3.05, 3.63) is 15.9 Å². The predicted molar refractivity (Wildman–Crippen MR) is 46.3 cm³/mol. The van der Waals surface area contributed by atoms with Crippen molar-refractivity contribution in [3.8, 4) is 0 Å². The fourth-order valence-corrected chi connectivity index (χ4v) is 3.31. The van der Waals surface area contributed by atoms with E-state index in [0.29, 0.717) is 0 Å². The maximum absolute atomic E-state index is 11.0. The Balaban J connectivity index is 3.13. The summed E-state index contributed by atoms with van der Waals surface area (Å²) in [7, 11) is -3.43. The Hall–Kier alpha value is 0.0900. The van der Waals surface area contributed by atoms with Crippen LogP contribution in [0, 0.1) is 0 Å². The number of hydrogen-bond donors (Lipinski definition) is 1. The molecule has 1 aromatic rings. The van der Waals surface area contributed by atoms with Gasteiger partial charge >= 0.3 is 0 Å². The van der Waals surface area contributed by atoms with Gasteiger partial charge < -0.3 is 5.11 Å². The zero-order valence-electron chi connectivity index (χ0n) is 5.32. The highest BCUT2D eigenvalue weighted by Crippen LogP contribution is 2.26. The molecule has 0 aliphatic heterocycles. The number of sulfone groups is 1. The van der Waals surface area contributed by atoms with Gasteiger partial charge in [-0.25, -0.2) is 8.42 Å². The second-order valence-corrected chi connectivity index (χ2v) is 6.45. The number of halogens is 1. The molecule has 11 heavy (non-hydrogen) atoms. The van der Waals surface area contributed by atoms with E-state index in [-0.39, 0.29) is 4.21 Å². The van der Waals surface area contributed by atoms with Crippen LogP contribution < -0.4 is 0 Å². The summed E-state index contributed by atoms with van der Waals surface area (Å²) in [5.41, 5.74) is 0. The Kier molecular flexibility index (Phi) is 2.69. The van der Waals surface area contributed by atoms with E-state index in [1.54, 1.807) is 6.07 Å². The molecule has 0 aliphatic carbocycles. The van der Waals surface area contributed by atoms with E-state index < -0.39 is 15.8 Å². The van der Waals surface area contributed by atoms with Gasteiger partial charge in [-0.15, -0.1) is 11.3 Å². The van der Waals surface area contributed by atoms with Crippen molar-refractivity contribution < 1.29 is 13.5 Å². The number of thiophene rings is 1. The first-order valence-electron chi connectivity index (χ1n) is 2.65. The molecule has 1 aromatic heterocycles. The first kappa shape index (κ1) is 9.18. The number of aliphatic hydroxyl groups is 1. The van der Waals surface area contributed by atoms with Crippen molar-refractivity contribution >= 4 is 37.1 Å². The van der Waals surface area contributed by atoms with Gasteiger partial charge in [0, 0.05) is 0 Å². The molecule has 0 saturated carbocycles. The van der Waals surface area contributed by atoms with Crippen LogP contribution in [0.25, 0.3) is 0 Å². The molecule has 1 rings (SSSR count). The van der Waals surface area contributed by atoms with E-state index in [9.17, 15) is 8.42 Å². The van der Waals surface area contributed by atoms with Crippen LogP contribution in [0.4, 0.5) is 0 Å². The van der Waals surface area contributed by atoms with Crippen LogP contribution in [0.15, 0.2) is 20.1 Å². The topological polar surface area (TPSA) is 54.4 Å². The highest BCUT2D eigenvalue weighted by atomic mass is 79.9. The molecule has 0 spiro atoms. The van der Waals surface area contributed by atoms with Crippen molar-refractivity contribution in [1.82, 2.24) is 0 Å². The number of hydrogen-bond acceptors (Lipinski definition) is 4. The predicted octanol–water partition coefficient (Wildman–Crippen LogP) is 1.23. The summed E-state index contributed by atoms with van der Waals surface area (Å²) in [5.74, 6) is -0.833. The van der Waals surface area contributed by atoms with E-state index >= 15 is 0 Å². The summed E-state index contributed by atoms with van der Waals surface area (Å²) in [4.78, 5) is 0. The Bertz CT molecular complexity index is 340. The van der Waals surface area contributed by atoms with E-state index in [0.717, 1.165) is 15.1 Å². The zero-order valence-corrected chi connectivity index (χ0v) is 8.54. The third-order valence-corrected chi connectivity index (χ3v) is 4.54. The minimum atomic E-state index is -3.43. The van der Waals surface area contributed by atoms with Crippen molar-refractivity contribution in [2.24, 2.45) is 0 Å². The van der Waals surface area contributed by atoms with Gasteiger partial charge in [0.05, 0.1) is 3.79 Å². The molecule has 0 unspecified atom stereocenters. The Labute approximate surface area is 76.7 Å². The highest BCUT2D eigenvalue weighted by Gasteiger charge is 2.14. The fraction of sp³-hybridized carbons (Fsp3) is 0.200. The van der Waals surface area contributed by atoms with E-state index in [2.05, 4.69) is 15.9 Å². The van der Waals surface area contributed by atoms with Crippen LogP contribution in [0.1, 0.15) is 0 Å². The number of aliphatic hydroxyl groups excluding tert-OH is 1. The summed E-state index contributed by atoms with van der Waals surface area (Å²) in [6, 6.07) is 3.09. The smallest absolute Gasteiger partial charge is 0.211 e. The van der Waals surface area contributed by atoms with E-state index in [4.69, 9.17) is 5.11 Å². The minimum absolute atomic E-state index is 0.187. The van der Waals surface area contributed by atoms with Crippen LogP contribution in [0.5, 0.6) is 0 Å². The third-order valence-electron chi connectivity index (χ3n) is 1.03. The fourth-order valence-electron chi connectivity index (χ4n) is 0.528. The molecular formula is C5H5BrO3S2. The van der Waals surface area contributed by atoms with Crippen LogP contribution in [0.3, 0.4) is 0 Å². The van der Waals surface area contributed by atoms with Crippen LogP contribution >= 0.6 is 27.3 Å². The van der Waals surface area contributed by atoms with Gasteiger partial charge in [-0.1, -0.05) is 0 Å². The average Bonchev–Trinajstić information content (AvgIpc) is 2.36. The standard InChI is InChI=1S/C5H5BrO3S2/c6-4-1-2-5(10-4)11(8,9)3-7/h1-2,7H,3H2. The molecule has 3 nitrogen and oxygen atoms in total. The van der Waals surface area contributed by atoms with E-state index in [1.165, 1.54) is 6.07 Å². The van der Waals surface area contributed by atoms with Gasteiger partial charge in [0.1, 0.15) is 10.1 Å². The second kappa shape index (κ2) is 3.22. The summed E-state index contributed by atoms with van der Waals surface area (Å²) in [6.45, 7) is 0. The van der Waals surface area contributed by atoms with Crippen LogP contribution in [0.2, 0.25) is 0 Å². The SMILES string of the molecule is O=S(=O)(CO)c1ccc(Br)s1. The molecule has 62 valence electrons. The molecule has 0 aromatic carbocycles. The largest absolute Gasteiger partial charge is 0.380 e. The van der Waals surface area contributed by atoms with Gasteiger partial charge in [-0.2, -0.15) is 0 Å². The van der Waals surface area contributed by atoms with Crippen LogP contribution in [-0.2, 0) is 9.84 Å². The first-order chi connectivity index (χ1) is 5.06. The van der Waals surface area contributed by atoms with Crippen molar-refractivity contribution in [1.29, 1.82) is 0 Å². The molecule has 6 heteroatoms. The highest BCUT2D eigenvalue weighted by molar-refractivity contribution is 9.11. The Morgan fingerprint density at radius 2 is 2.18 bits per heavy atom. The molecule has 0 saturated heterocycles. The number of rotatable bonds is 2. The maximum Gasteiger partial charge on any atom is 0.211 e. The molecule has 0 fully saturated rings. The lowest BCUT2D eigenvalue weighted by Gasteiger charge is -1.92. The average molecular weight is 257 g/mol. The molecule has 0 bridgehead atoms. The van der Waals surface area contributed by atoms with Gasteiger partial charge in [0.15, 0.2) is 0 Å². The summed E-state index contributed by atoms with van der Waals surface area (Å²) >= 11 is 4.21. The van der Waals surface area contributed by atoms with Gasteiger partial charge in [-0.05, 0) is 28.1 Å². The molecule has 0 radical (unpaired) electrons. The molecule has 0 aliphatic rings. The van der Waals surface area contributed by atoms with Gasteiger partial charge in [0.25, 0.3) is 0 Å². The second-order valence-electron chi connectivity index (χ2n) is 1.80. The lowest BCUT2D eigenvalue weighted by molar-refractivity contribution is 0.359. The quantitative estimate of drug-likeness (QED) is 0.867. The summed E-state index contributed by atoms with van der Waals surface area (Å²) < 4.78 is 22.8. The van der Waals surface area contributed by atoms with Gasteiger partial charge in [-0.3, -0.25) is 0 Å². The summed E-state index contributed by atoms with van der Waals surface area (Å²) in [5, 5.41) is 8.46. The molecule has 1 N–H and O–H groups in total.